The molecule has 2 aromatic carbocycles. The summed E-state index contributed by atoms with van der Waals surface area (Å²) in [5.41, 5.74) is 7.99. The van der Waals surface area contributed by atoms with Crippen LogP contribution in [0.5, 0.6) is 0 Å². The number of hydrogen-bond acceptors (Lipinski definition) is 4. The maximum Gasteiger partial charge on any atom is 0.196 e. The molecule has 2 aromatic rings. The average Bonchev–Trinajstić information content (AvgIpc) is 2.58. The lowest BCUT2D eigenvalue weighted by Crippen LogP contribution is -2.22. The number of aliphatic hydroxyl groups is 1. The van der Waals surface area contributed by atoms with Crippen LogP contribution in [0.15, 0.2) is 36.4 Å². The zero-order chi connectivity index (χ0) is 17.4. The first-order valence-electron chi connectivity index (χ1n) is 7.72. The molecule has 0 saturated carbocycles. The Hall–Kier alpha value is -2.90. The van der Waals surface area contributed by atoms with Gasteiger partial charge in [0.15, 0.2) is 11.6 Å². The van der Waals surface area contributed by atoms with Crippen molar-refractivity contribution < 1.29 is 14.7 Å². The maximum atomic E-state index is 12.7. The molecular weight excluding hydrogens is 302 g/mol. The molecule has 3 N–H and O–H groups in total. The molecule has 1 aliphatic rings. The predicted molar refractivity (Wildman–Crippen MR) is 91.9 cm³/mol. The summed E-state index contributed by atoms with van der Waals surface area (Å²) in [6.45, 7) is 3.71. The summed E-state index contributed by atoms with van der Waals surface area (Å²) in [6, 6.07) is 9.90. The second-order valence-corrected chi connectivity index (χ2v) is 6.11. The number of benzene rings is 2. The standard InChI is InChI=1S/C20H17NO3/c1-11(2)16(22)10-8-12-7-9-15-17(18(12)21)20(24)14-6-4-3-5-13(14)19(15)23/h3-7,9,11,16,22H,21H2,1-2H3. The highest BCUT2D eigenvalue weighted by molar-refractivity contribution is 6.30. The smallest absolute Gasteiger partial charge is 0.196 e. The van der Waals surface area contributed by atoms with Crippen LogP contribution in [0.4, 0.5) is 5.69 Å². The summed E-state index contributed by atoms with van der Waals surface area (Å²) >= 11 is 0. The summed E-state index contributed by atoms with van der Waals surface area (Å²) in [5.74, 6) is 5.04. The van der Waals surface area contributed by atoms with Crippen LogP contribution in [0.3, 0.4) is 0 Å². The average molecular weight is 319 g/mol. The number of nitrogens with two attached hydrogens (primary N) is 1. The van der Waals surface area contributed by atoms with Crippen molar-refractivity contribution in [2.24, 2.45) is 5.92 Å². The van der Waals surface area contributed by atoms with E-state index >= 15 is 0 Å². The Balaban J connectivity index is 2.13. The summed E-state index contributed by atoms with van der Waals surface area (Å²) in [7, 11) is 0. The molecule has 1 unspecified atom stereocenters. The highest BCUT2D eigenvalue weighted by atomic mass is 16.3. The molecule has 3 rings (SSSR count). The number of carbonyl (C=O) groups is 2. The molecular formula is C20H17NO3. The van der Waals surface area contributed by atoms with Gasteiger partial charge >= 0.3 is 0 Å². The third kappa shape index (κ3) is 2.49. The zero-order valence-corrected chi connectivity index (χ0v) is 13.5. The molecule has 4 nitrogen and oxygen atoms in total. The minimum atomic E-state index is -0.779. The van der Waals surface area contributed by atoms with Crippen molar-refractivity contribution in [2.75, 3.05) is 5.73 Å². The van der Waals surface area contributed by atoms with E-state index in [4.69, 9.17) is 5.73 Å². The number of anilines is 1. The van der Waals surface area contributed by atoms with Gasteiger partial charge < -0.3 is 10.8 Å². The van der Waals surface area contributed by atoms with Gasteiger partial charge in [0.1, 0.15) is 6.10 Å². The van der Waals surface area contributed by atoms with E-state index in [2.05, 4.69) is 11.8 Å². The van der Waals surface area contributed by atoms with E-state index in [1.54, 1.807) is 36.4 Å². The minimum Gasteiger partial charge on any atom is -0.397 e. The number of fused-ring (bicyclic) bond motifs is 2. The van der Waals surface area contributed by atoms with Gasteiger partial charge in [-0.15, -0.1) is 0 Å². The number of ketones is 2. The Morgan fingerprint density at radius 2 is 1.58 bits per heavy atom. The van der Waals surface area contributed by atoms with Gasteiger partial charge in [0.05, 0.1) is 11.3 Å². The summed E-state index contributed by atoms with van der Waals surface area (Å²) in [6.07, 6.45) is -0.779. The SMILES string of the molecule is CC(C)C(O)C#Cc1ccc2c(c1N)C(=O)c1ccccc1C2=O. The van der Waals surface area contributed by atoms with E-state index in [1.807, 2.05) is 13.8 Å². The molecule has 0 bridgehead atoms. The fourth-order valence-corrected chi connectivity index (χ4v) is 2.64. The second-order valence-electron chi connectivity index (χ2n) is 6.11. The largest absolute Gasteiger partial charge is 0.397 e. The van der Waals surface area contributed by atoms with Gasteiger partial charge in [-0.1, -0.05) is 50.0 Å². The Kier molecular flexibility index (Phi) is 3.96. The van der Waals surface area contributed by atoms with Crippen molar-refractivity contribution in [2.45, 2.75) is 20.0 Å². The second kappa shape index (κ2) is 5.95. The number of nitrogen functional groups attached to an aromatic ring is 1. The normalized spacial score (nSPS) is 13.8. The molecule has 0 radical (unpaired) electrons. The number of rotatable bonds is 1. The fraction of sp³-hybridized carbons (Fsp3) is 0.200. The van der Waals surface area contributed by atoms with Crippen molar-refractivity contribution in [3.05, 3.63) is 64.2 Å². The lowest BCUT2D eigenvalue weighted by atomic mass is 9.82. The Bertz CT molecular complexity index is 916. The van der Waals surface area contributed by atoms with Gasteiger partial charge in [-0.3, -0.25) is 9.59 Å². The molecule has 0 fully saturated rings. The Morgan fingerprint density at radius 3 is 2.21 bits per heavy atom. The number of hydrogen-bond donors (Lipinski definition) is 2. The Morgan fingerprint density at radius 1 is 0.958 bits per heavy atom. The molecule has 0 aliphatic heterocycles. The first-order valence-corrected chi connectivity index (χ1v) is 7.72. The maximum absolute atomic E-state index is 12.7. The molecule has 0 spiro atoms. The van der Waals surface area contributed by atoms with Crippen LogP contribution in [-0.4, -0.2) is 22.8 Å². The van der Waals surface area contributed by atoms with Gasteiger partial charge in [-0.2, -0.15) is 0 Å². The highest BCUT2D eigenvalue weighted by Gasteiger charge is 2.31. The predicted octanol–water partition coefficient (Wildman–Crippen LogP) is 2.41. The quantitative estimate of drug-likeness (QED) is 0.533. The monoisotopic (exact) mass is 319 g/mol. The van der Waals surface area contributed by atoms with Crippen molar-refractivity contribution >= 4 is 17.3 Å². The van der Waals surface area contributed by atoms with E-state index in [9.17, 15) is 14.7 Å². The molecule has 1 aliphatic carbocycles. The lowest BCUT2D eigenvalue weighted by molar-refractivity contribution is 0.0979. The van der Waals surface area contributed by atoms with Crippen LogP contribution in [0, 0.1) is 17.8 Å². The van der Waals surface area contributed by atoms with Gasteiger partial charge in [-0.05, 0) is 18.1 Å². The Labute approximate surface area is 140 Å². The van der Waals surface area contributed by atoms with Crippen molar-refractivity contribution in [1.29, 1.82) is 0 Å². The summed E-state index contributed by atoms with van der Waals surface area (Å²) in [5, 5.41) is 9.81. The van der Waals surface area contributed by atoms with Crippen LogP contribution in [0.1, 0.15) is 51.3 Å². The third-order valence-corrected chi connectivity index (χ3v) is 4.12. The molecule has 0 saturated heterocycles. The summed E-state index contributed by atoms with van der Waals surface area (Å²) in [4.78, 5) is 25.3. The molecule has 0 aromatic heterocycles. The lowest BCUT2D eigenvalue weighted by Gasteiger charge is -2.19. The molecule has 4 heteroatoms. The first-order chi connectivity index (χ1) is 11.4. The van der Waals surface area contributed by atoms with Gasteiger partial charge in [0, 0.05) is 22.3 Å². The van der Waals surface area contributed by atoms with Crippen LogP contribution >= 0.6 is 0 Å². The van der Waals surface area contributed by atoms with Crippen LogP contribution in [0.25, 0.3) is 0 Å². The molecule has 0 amide bonds. The topological polar surface area (TPSA) is 80.4 Å². The van der Waals surface area contributed by atoms with E-state index in [1.165, 1.54) is 0 Å². The minimum absolute atomic E-state index is 0.00793. The molecule has 1 atom stereocenters. The number of carbonyl (C=O) groups excluding carboxylic acids is 2. The highest BCUT2D eigenvalue weighted by Crippen LogP contribution is 2.32. The van der Waals surface area contributed by atoms with Crippen LogP contribution < -0.4 is 5.73 Å². The summed E-state index contributed by atoms with van der Waals surface area (Å²) < 4.78 is 0. The van der Waals surface area contributed by atoms with Gasteiger partial charge in [0.2, 0.25) is 0 Å². The van der Waals surface area contributed by atoms with Gasteiger partial charge in [-0.25, -0.2) is 0 Å². The van der Waals surface area contributed by atoms with Gasteiger partial charge in [0.25, 0.3) is 0 Å². The molecule has 24 heavy (non-hydrogen) atoms. The van der Waals surface area contributed by atoms with E-state index in [-0.39, 0.29) is 28.7 Å². The van der Waals surface area contributed by atoms with Crippen molar-refractivity contribution in [1.82, 2.24) is 0 Å². The zero-order valence-electron chi connectivity index (χ0n) is 13.5. The first kappa shape index (κ1) is 16.0. The van der Waals surface area contributed by atoms with E-state index < -0.39 is 6.10 Å². The van der Waals surface area contributed by atoms with E-state index in [0.29, 0.717) is 22.3 Å². The van der Waals surface area contributed by atoms with Crippen LogP contribution in [0.2, 0.25) is 0 Å². The van der Waals surface area contributed by atoms with Crippen molar-refractivity contribution in [3.63, 3.8) is 0 Å². The molecule has 0 heterocycles. The fourth-order valence-electron chi connectivity index (χ4n) is 2.64. The molecule has 120 valence electrons. The third-order valence-electron chi connectivity index (χ3n) is 4.12. The van der Waals surface area contributed by atoms with E-state index in [0.717, 1.165) is 0 Å². The number of aliphatic hydroxyl groups excluding tert-OH is 1. The van der Waals surface area contributed by atoms with Crippen molar-refractivity contribution in [3.8, 4) is 11.8 Å². The van der Waals surface area contributed by atoms with Crippen LogP contribution in [-0.2, 0) is 0 Å².